The van der Waals surface area contributed by atoms with Crippen LogP contribution < -0.4 is 5.32 Å². The number of piperidine rings is 2. The van der Waals surface area contributed by atoms with Crippen molar-refractivity contribution in [2.24, 2.45) is 0 Å². The highest BCUT2D eigenvalue weighted by molar-refractivity contribution is 4.95. The summed E-state index contributed by atoms with van der Waals surface area (Å²) in [6.07, 6.45) is 14.1. The minimum Gasteiger partial charge on any atom is -0.378 e. The summed E-state index contributed by atoms with van der Waals surface area (Å²) in [7, 11) is 0. The predicted octanol–water partition coefficient (Wildman–Crippen LogP) is 3.33. The van der Waals surface area contributed by atoms with Gasteiger partial charge in [-0.2, -0.15) is 0 Å². The van der Waals surface area contributed by atoms with Crippen LogP contribution in [0.4, 0.5) is 0 Å². The molecule has 3 aliphatic rings. The topological polar surface area (TPSA) is 24.5 Å². The van der Waals surface area contributed by atoms with Gasteiger partial charge >= 0.3 is 0 Å². The summed E-state index contributed by atoms with van der Waals surface area (Å²) < 4.78 is 5.93. The van der Waals surface area contributed by atoms with E-state index in [1.54, 1.807) is 0 Å². The molecule has 3 rings (SSSR count). The average molecular weight is 294 g/mol. The monoisotopic (exact) mass is 294 g/mol. The minimum atomic E-state index is 0.551. The van der Waals surface area contributed by atoms with Gasteiger partial charge in [0.15, 0.2) is 0 Å². The van der Waals surface area contributed by atoms with Gasteiger partial charge in [0.2, 0.25) is 0 Å². The lowest BCUT2D eigenvalue weighted by molar-refractivity contribution is -0.0197. The zero-order valence-corrected chi connectivity index (χ0v) is 13.9. The van der Waals surface area contributed by atoms with Crippen molar-refractivity contribution in [1.82, 2.24) is 10.2 Å². The van der Waals surface area contributed by atoms with Crippen molar-refractivity contribution in [2.75, 3.05) is 19.7 Å². The lowest BCUT2D eigenvalue weighted by Gasteiger charge is -2.49. The Labute approximate surface area is 130 Å². The van der Waals surface area contributed by atoms with Gasteiger partial charge in [-0.3, -0.25) is 4.90 Å². The first-order chi connectivity index (χ1) is 10.4. The normalized spacial score (nSPS) is 37.6. The molecule has 0 aromatic heterocycles. The Bertz CT molecular complexity index is 290. The molecule has 1 N–H and O–H groups in total. The molecule has 3 saturated heterocycles. The number of hydrogen-bond acceptors (Lipinski definition) is 3. The summed E-state index contributed by atoms with van der Waals surface area (Å²) in [5, 5.41) is 3.77. The van der Waals surface area contributed by atoms with E-state index in [9.17, 15) is 0 Å². The van der Waals surface area contributed by atoms with Crippen molar-refractivity contribution >= 4 is 0 Å². The largest absolute Gasteiger partial charge is 0.378 e. The Hall–Kier alpha value is -0.120. The second-order valence-corrected chi connectivity index (χ2v) is 7.38. The molecule has 2 bridgehead atoms. The van der Waals surface area contributed by atoms with Crippen molar-refractivity contribution in [3.05, 3.63) is 0 Å². The SMILES string of the molecule is CCCNC1CC2CCCC(C1)N2CCC1CCCCO1. The van der Waals surface area contributed by atoms with Crippen molar-refractivity contribution in [3.63, 3.8) is 0 Å². The van der Waals surface area contributed by atoms with Crippen LogP contribution in [0.15, 0.2) is 0 Å². The Morgan fingerprint density at radius 2 is 1.86 bits per heavy atom. The van der Waals surface area contributed by atoms with E-state index in [4.69, 9.17) is 4.74 Å². The third-order valence-electron chi connectivity index (χ3n) is 5.79. The van der Waals surface area contributed by atoms with Gasteiger partial charge in [0.1, 0.15) is 0 Å². The maximum atomic E-state index is 5.93. The molecule has 3 heteroatoms. The van der Waals surface area contributed by atoms with Gasteiger partial charge in [-0.1, -0.05) is 13.3 Å². The van der Waals surface area contributed by atoms with Crippen molar-refractivity contribution in [1.29, 1.82) is 0 Å². The quantitative estimate of drug-likeness (QED) is 0.813. The van der Waals surface area contributed by atoms with Gasteiger partial charge in [0.25, 0.3) is 0 Å². The van der Waals surface area contributed by atoms with Crippen LogP contribution in [0, 0.1) is 0 Å². The molecule has 3 aliphatic heterocycles. The van der Waals surface area contributed by atoms with E-state index in [0.717, 1.165) is 24.7 Å². The number of fused-ring (bicyclic) bond motifs is 2. The molecule has 3 heterocycles. The fourth-order valence-electron chi connectivity index (χ4n) is 4.69. The molecule has 3 nitrogen and oxygen atoms in total. The summed E-state index contributed by atoms with van der Waals surface area (Å²) in [4.78, 5) is 2.85. The zero-order chi connectivity index (χ0) is 14.5. The Morgan fingerprint density at radius 3 is 2.52 bits per heavy atom. The molecule has 0 amide bonds. The first-order valence-corrected chi connectivity index (χ1v) is 9.47. The lowest BCUT2D eigenvalue weighted by Crippen LogP contribution is -2.56. The maximum Gasteiger partial charge on any atom is 0.0587 e. The molecule has 3 unspecified atom stereocenters. The molecule has 21 heavy (non-hydrogen) atoms. The first-order valence-electron chi connectivity index (χ1n) is 9.47. The standard InChI is InChI=1S/C18H34N2O/c1-2-10-19-15-13-16-6-5-7-17(14-15)20(16)11-9-18-8-3-4-12-21-18/h15-19H,2-14H2,1H3. The summed E-state index contributed by atoms with van der Waals surface area (Å²) in [5.74, 6) is 0. The summed E-state index contributed by atoms with van der Waals surface area (Å²) in [6, 6.07) is 2.47. The smallest absolute Gasteiger partial charge is 0.0587 e. The van der Waals surface area contributed by atoms with Gasteiger partial charge in [-0.05, 0) is 64.3 Å². The Morgan fingerprint density at radius 1 is 1.05 bits per heavy atom. The fraction of sp³-hybridized carbons (Fsp3) is 1.00. The zero-order valence-electron chi connectivity index (χ0n) is 13.9. The van der Waals surface area contributed by atoms with Crippen LogP contribution in [0.25, 0.3) is 0 Å². The van der Waals surface area contributed by atoms with Crippen LogP contribution >= 0.6 is 0 Å². The molecule has 122 valence electrons. The molecular formula is C18H34N2O. The van der Waals surface area contributed by atoms with Gasteiger partial charge in [0.05, 0.1) is 6.10 Å². The van der Waals surface area contributed by atoms with E-state index in [1.807, 2.05) is 0 Å². The minimum absolute atomic E-state index is 0.551. The second-order valence-electron chi connectivity index (χ2n) is 7.38. The highest BCUT2D eigenvalue weighted by Gasteiger charge is 2.37. The van der Waals surface area contributed by atoms with E-state index < -0.39 is 0 Å². The number of hydrogen-bond donors (Lipinski definition) is 1. The number of nitrogens with one attached hydrogen (secondary N) is 1. The van der Waals surface area contributed by atoms with Crippen LogP contribution in [-0.4, -0.2) is 48.8 Å². The van der Waals surface area contributed by atoms with E-state index >= 15 is 0 Å². The van der Waals surface area contributed by atoms with Gasteiger partial charge < -0.3 is 10.1 Å². The molecular weight excluding hydrogens is 260 g/mol. The Balaban J connectivity index is 1.48. The summed E-state index contributed by atoms with van der Waals surface area (Å²) in [6.45, 7) is 5.74. The lowest BCUT2D eigenvalue weighted by atomic mass is 9.81. The second kappa shape index (κ2) is 7.94. The third-order valence-corrected chi connectivity index (χ3v) is 5.79. The van der Waals surface area contributed by atoms with Crippen LogP contribution in [0.1, 0.15) is 71.1 Å². The van der Waals surface area contributed by atoms with Crippen molar-refractivity contribution < 1.29 is 4.74 Å². The molecule has 0 spiro atoms. The molecule has 0 aromatic rings. The summed E-state index contributed by atoms with van der Waals surface area (Å²) in [5.41, 5.74) is 0. The first kappa shape index (κ1) is 15.8. The fourth-order valence-corrected chi connectivity index (χ4v) is 4.69. The number of rotatable bonds is 6. The highest BCUT2D eigenvalue weighted by Crippen LogP contribution is 2.34. The van der Waals surface area contributed by atoms with Gasteiger partial charge in [0, 0.05) is 31.3 Å². The van der Waals surface area contributed by atoms with E-state index in [1.165, 1.54) is 77.3 Å². The van der Waals surface area contributed by atoms with Crippen molar-refractivity contribution in [2.45, 2.75) is 95.4 Å². The molecule has 0 radical (unpaired) electrons. The molecule has 0 saturated carbocycles. The van der Waals surface area contributed by atoms with E-state index in [-0.39, 0.29) is 0 Å². The van der Waals surface area contributed by atoms with Crippen LogP contribution in [-0.2, 0) is 4.74 Å². The predicted molar refractivity (Wildman–Crippen MR) is 87.7 cm³/mol. The maximum absolute atomic E-state index is 5.93. The van der Waals surface area contributed by atoms with E-state index in [2.05, 4.69) is 17.1 Å². The Kier molecular flexibility index (Phi) is 5.96. The molecule has 0 aliphatic carbocycles. The molecule has 3 atom stereocenters. The van der Waals surface area contributed by atoms with E-state index in [0.29, 0.717) is 6.10 Å². The third kappa shape index (κ3) is 4.20. The van der Waals surface area contributed by atoms with Crippen molar-refractivity contribution in [3.8, 4) is 0 Å². The van der Waals surface area contributed by atoms with Gasteiger partial charge in [-0.25, -0.2) is 0 Å². The molecule has 3 fully saturated rings. The van der Waals surface area contributed by atoms with Crippen LogP contribution in [0.3, 0.4) is 0 Å². The van der Waals surface area contributed by atoms with Crippen LogP contribution in [0.5, 0.6) is 0 Å². The summed E-state index contributed by atoms with van der Waals surface area (Å²) >= 11 is 0. The number of ether oxygens (including phenoxy) is 1. The average Bonchev–Trinajstić information content (AvgIpc) is 2.51. The van der Waals surface area contributed by atoms with Gasteiger partial charge in [-0.15, -0.1) is 0 Å². The van der Waals surface area contributed by atoms with Crippen LogP contribution in [0.2, 0.25) is 0 Å². The highest BCUT2D eigenvalue weighted by atomic mass is 16.5. The number of nitrogens with zero attached hydrogens (tertiary/aromatic N) is 1. The molecule has 0 aromatic carbocycles.